The fourth-order valence-electron chi connectivity index (χ4n) is 1.87. The Morgan fingerprint density at radius 1 is 1.15 bits per heavy atom. The molecule has 0 bridgehead atoms. The van der Waals surface area contributed by atoms with Crippen LogP contribution in [-0.4, -0.2) is 16.1 Å². The van der Waals surface area contributed by atoms with Crippen LogP contribution in [0.5, 0.6) is 0 Å². The predicted molar refractivity (Wildman–Crippen MR) is 70.4 cm³/mol. The van der Waals surface area contributed by atoms with Crippen molar-refractivity contribution < 1.29 is 13.6 Å². The third kappa shape index (κ3) is 2.23. The monoisotopic (exact) mass is 273 g/mol. The molecule has 0 aliphatic rings. The molecule has 100 valence electrons. The van der Waals surface area contributed by atoms with Crippen molar-refractivity contribution in [2.24, 2.45) is 0 Å². The van der Waals surface area contributed by atoms with Crippen LogP contribution in [0.2, 0.25) is 0 Å². The summed E-state index contributed by atoms with van der Waals surface area (Å²) in [7, 11) is 0. The molecule has 0 saturated carbocycles. The first kappa shape index (κ1) is 12.3. The van der Waals surface area contributed by atoms with Gasteiger partial charge in [-0.3, -0.25) is 9.89 Å². The van der Waals surface area contributed by atoms with E-state index in [2.05, 4.69) is 15.5 Å². The van der Waals surface area contributed by atoms with Gasteiger partial charge in [-0.2, -0.15) is 5.10 Å². The van der Waals surface area contributed by atoms with Gasteiger partial charge in [-0.1, -0.05) is 0 Å². The SMILES string of the molecule is O=C(Nc1ccc(F)cc1F)c1ccc2[nH]ncc2c1. The van der Waals surface area contributed by atoms with Crippen LogP contribution < -0.4 is 5.32 Å². The van der Waals surface area contributed by atoms with Gasteiger partial charge in [0.25, 0.3) is 5.91 Å². The molecule has 0 fully saturated rings. The lowest BCUT2D eigenvalue weighted by atomic mass is 10.1. The van der Waals surface area contributed by atoms with Crippen LogP contribution in [0.4, 0.5) is 14.5 Å². The van der Waals surface area contributed by atoms with Crippen LogP contribution in [-0.2, 0) is 0 Å². The van der Waals surface area contributed by atoms with Gasteiger partial charge in [0, 0.05) is 17.0 Å². The number of hydrogen-bond acceptors (Lipinski definition) is 2. The molecule has 3 rings (SSSR count). The molecule has 2 aromatic carbocycles. The van der Waals surface area contributed by atoms with Crippen molar-refractivity contribution >= 4 is 22.5 Å². The van der Waals surface area contributed by atoms with Crippen LogP contribution in [0.1, 0.15) is 10.4 Å². The summed E-state index contributed by atoms with van der Waals surface area (Å²) in [6.45, 7) is 0. The Morgan fingerprint density at radius 3 is 2.80 bits per heavy atom. The van der Waals surface area contributed by atoms with E-state index in [1.54, 1.807) is 24.4 Å². The molecule has 0 aliphatic heterocycles. The highest BCUT2D eigenvalue weighted by Crippen LogP contribution is 2.18. The van der Waals surface area contributed by atoms with Gasteiger partial charge in [-0.05, 0) is 30.3 Å². The summed E-state index contributed by atoms with van der Waals surface area (Å²) in [6.07, 6.45) is 1.59. The van der Waals surface area contributed by atoms with E-state index in [1.165, 1.54) is 6.07 Å². The van der Waals surface area contributed by atoms with Gasteiger partial charge < -0.3 is 5.32 Å². The Morgan fingerprint density at radius 2 is 2.00 bits per heavy atom. The summed E-state index contributed by atoms with van der Waals surface area (Å²) >= 11 is 0. The molecule has 0 saturated heterocycles. The maximum atomic E-state index is 13.5. The van der Waals surface area contributed by atoms with E-state index < -0.39 is 17.5 Å². The molecule has 0 atom stereocenters. The summed E-state index contributed by atoms with van der Waals surface area (Å²) < 4.78 is 26.2. The number of benzene rings is 2. The Labute approximate surface area is 112 Å². The molecule has 3 aromatic rings. The predicted octanol–water partition coefficient (Wildman–Crippen LogP) is 3.09. The lowest BCUT2D eigenvalue weighted by molar-refractivity contribution is 0.102. The van der Waals surface area contributed by atoms with Gasteiger partial charge in [0.1, 0.15) is 11.6 Å². The standard InChI is InChI=1S/C14H9F2N3O/c15-10-2-4-13(11(16)6-10)18-14(20)8-1-3-12-9(5-8)7-17-19-12/h1-7H,(H,17,19)(H,18,20). The number of anilines is 1. The second-order valence-corrected chi connectivity index (χ2v) is 4.25. The normalized spacial score (nSPS) is 10.7. The fourth-order valence-corrected chi connectivity index (χ4v) is 1.87. The third-order valence-electron chi connectivity index (χ3n) is 2.88. The third-order valence-corrected chi connectivity index (χ3v) is 2.88. The number of nitrogens with one attached hydrogen (secondary N) is 2. The maximum absolute atomic E-state index is 13.5. The molecule has 4 nitrogen and oxygen atoms in total. The smallest absolute Gasteiger partial charge is 0.255 e. The molecule has 20 heavy (non-hydrogen) atoms. The summed E-state index contributed by atoms with van der Waals surface area (Å²) in [5.74, 6) is -1.98. The number of carbonyl (C=O) groups is 1. The first-order valence-corrected chi connectivity index (χ1v) is 5.83. The number of amides is 1. The highest BCUT2D eigenvalue weighted by atomic mass is 19.1. The molecule has 2 N–H and O–H groups in total. The highest BCUT2D eigenvalue weighted by molar-refractivity contribution is 6.06. The Kier molecular flexibility index (Phi) is 2.90. The molecule has 6 heteroatoms. The van der Waals surface area contributed by atoms with Crippen LogP contribution in [0.25, 0.3) is 10.9 Å². The van der Waals surface area contributed by atoms with Crippen LogP contribution >= 0.6 is 0 Å². The summed E-state index contributed by atoms with van der Waals surface area (Å²) in [5.41, 5.74) is 1.10. The van der Waals surface area contributed by atoms with Gasteiger partial charge >= 0.3 is 0 Å². The number of carbonyl (C=O) groups excluding carboxylic acids is 1. The second-order valence-electron chi connectivity index (χ2n) is 4.25. The Balaban J connectivity index is 1.88. The van der Waals surface area contributed by atoms with Crippen molar-refractivity contribution in [1.29, 1.82) is 0 Å². The molecule has 1 aromatic heterocycles. The number of halogens is 2. The molecule has 1 heterocycles. The zero-order valence-corrected chi connectivity index (χ0v) is 10.2. The zero-order valence-electron chi connectivity index (χ0n) is 10.2. The van der Waals surface area contributed by atoms with Crippen LogP contribution in [0.15, 0.2) is 42.6 Å². The Hall–Kier alpha value is -2.76. The Bertz CT molecular complexity index is 798. The van der Waals surface area contributed by atoms with Crippen molar-refractivity contribution in [3.63, 3.8) is 0 Å². The summed E-state index contributed by atoms with van der Waals surface area (Å²) in [4.78, 5) is 12.0. The van der Waals surface area contributed by atoms with E-state index >= 15 is 0 Å². The first-order chi connectivity index (χ1) is 9.63. The molecular weight excluding hydrogens is 264 g/mol. The topological polar surface area (TPSA) is 57.8 Å². The number of fused-ring (bicyclic) bond motifs is 1. The summed E-state index contributed by atoms with van der Waals surface area (Å²) in [6, 6.07) is 7.91. The minimum Gasteiger partial charge on any atom is -0.319 e. The van der Waals surface area contributed by atoms with Crippen molar-refractivity contribution in [3.8, 4) is 0 Å². The number of nitrogens with zero attached hydrogens (tertiary/aromatic N) is 1. The van der Waals surface area contributed by atoms with Crippen molar-refractivity contribution in [3.05, 3.63) is 59.8 Å². The van der Waals surface area contributed by atoms with E-state index in [4.69, 9.17) is 0 Å². The van der Waals surface area contributed by atoms with Crippen molar-refractivity contribution in [2.45, 2.75) is 0 Å². The average Bonchev–Trinajstić information content (AvgIpc) is 2.89. The quantitative estimate of drug-likeness (QED) is 0.753. The maximum Gasteiger partial charge on any atom is 0.255 e. The molecule has 0 unspecified atom stereocenters. The highest BCUT2D eigenvalue weighted by Gasteiger charge is 2.11. The van der Waals surface area contributed by atoms with E-state index in [1.807, 2.05) is 0 Å². The van der Waals surface area contributed by atoms with E-state index in [0.29, 0.717) is 5.56 Å². The van der Waals surface area contributed by atoms with Gasteiger partial charge in [0.15, 0.2) is 0 Å². The molecular formula is C14H9F2N3O. The number of hydrogen-bond donors (Lipinski definition) is 2. The van der Waals surface area contributed by atoms with Crippen LogP contribution in [0, 0.1) is 11.6 Å². The van der Waals surface area contributed by atoms with E-state index in [9.17, 15) is 13.6 Å². The second kappa shape index (κ2) is 4.73. The minimum atomic E-state index is -0.817. The van der Waals surface area contributed by atoms with Gasteiger partial charge in [0.05, 0.1) is 17.4 Å². The van der Waals surface area contributed by atoms with Crippen LogP contribution in [0.3, 0.4) is 0 Å². The van der Waals surface area contributed by atoms with Crippen molar-refractivity contribution in [1.82, 2.24) is 10.2 Å². The first-order valence-electron chi connectivity index (χ1n) is 5.83. The van der Waals surface area contributed by atoms with E-state index in [-0.39, 0.29) is 5.69 Å². The van der Waals surface area contributed by atoms with Gasteiger partial charge in [0.2, 0.25) is 0 Å². The molecule has 0 spiro atoms. The number of rotatable bonds is 2. The lowest BCUT2D eigenvalue weighted by Gasteiger charge is -2.06. The fraction of sp³-hybridized carbons (Fsp3) is 0. The average molecular weight is 273 g/mol. The van der Waals surface area contributed by atoms with E-state index in [0.717, 1.165) is 23.0 Å². The van der Waals surface area contributed by atoms with Crippen molar-refractivity contribution in [2.75, 3.05) is 5.32 Å². The molecule has 0 radical (unpaired) electrons. The number of aromatic nitrogens is 2. The molecule has 0 aliphatic carbocycles. The van der Waals surface area contributed by atoms with Gasteiger partial charge in [-0.25, -0.2) is 8.78 Å². The number of aromatic amines is 1. The number of H-pyrrole nitrogens is 1. The minimum absolute atomic E-state index is 0.0660. The summed E-state index contributed by atoms with van der Waals surface area (Å²) in [5, 5.41) is 9.79. The zero-order chi connectivity index (χ0) is 14.1. The van der Waals surface area contributed by atoms with Gasteiger partial charge in [-0.15, -0.1) is 0 Å². The lowest BCUT2D eigenvalue weighted by Crippen LogP contribution is -2.13. The largest absolute Gasteiger partial charge is 0.319 e. The molecule has 1 amide bonds.